The molecule has 0 amide bonds. The Labute approximate surface area is 172 Å². The molecule has 0 unspecified atom stereocenters. The molecule has 0 aliphatic rings. The third-order valence-corrected chi connectivity index (χ3v) is 4.98. The van der Waals surface area contributed by atoms with E-state index < -0.39 is 11.7 Å². The maximum Gasteiger partial charge on any atom is 0.416 e. The number of carbonyl (C=O) groups excluding carboxylic acids is 1. The molecule has 0 bridgehead atoms. The summed E-state index contributed by atoms with van der Waals surface area (Å²) in [6, 6.07) is 10.1. The molecule has 0 fully saturated rings. The van der Waals surface area contributed by atoms with Crippen LogP contribution in [0.2, 0.25) is 5.02 Å². The Morgan fingerprint density at radius 3 is 2.55 bits per heavy atom. The van der Waals surface area contributed by atoms with E-state index in [1.54, 1.807) is 32.2 Å². The molecule has 29 heavy (non-hydrogen) atoms. The van der Waals surface area contributed by atoms with E-state index in [0.717, 1.165) is 18.4 Å². The molecule has 2 aromatic carbocycles. The van der Waals surface area contributed by atoms with Gasteiger partial charge in [-0.2, -0.15) is 18.4 Å². The molecule has 2 rings (SSSR count). The first-order valence-corrected chi connectivity index (χ1v) is 9.30. The van der Waals surface area contributed by atoms with E-state index in [1.165, 1.54) is 6.07 Å². The van der Waals surface area contributed by atoms with Gasteiger partial charge in [-0.3, -0.25) is 0 Å². The average Bonchev–Trinajstić information content (AvgIpc) is 2.66. The number of nitrogens with zero attached hydrogens (tertiary/aromatic N) is 2. The number of anilines is 1. The molecule has 1 atom stereocenters. The van der Waals surface area contributed by atoms with Gasteiger partial charge in [0.15, 0.2) is 0 Å². The highest BCUT2D eigenvalue weighted by Crippen LogP contribution is 2.32. The Balaban J connectivity index is 2.52. The Morgan fingerprint density at radius 1 is 1.28 bits per heavy atom. The lowest BCUT2D eigenvalue weighted by molar-refractivity contribution is -0.137. The number of hydrogen-bond donors (Lipinski definition) is 1. The molecule has 0 saturated carbocycles. The molecule has 0 aliphatic carbocycles. The van der Waals surface area contributed by atoms with Crippen molar-refractivity contribution in [1.29, 1.82) is 5.26 Å². The summed E-state index contributed by atoms with van der Waals surface area (Å²) in [5, 5.41) is 12.3. The summed E-state index contributed by atoms with van der Waals surface area (Å²) in [4.78, 5) is 13.1. The fourth-order valence-corrected chi connectivity index (χ4v) is 3.29. The Hall–Kier alpha value is -2.56. The van der Waals surface area contributed by atoms with Gasteiger partial charge in [-0.25, -0.2) is 0 Å². The van der Waals surface area contributed by atoms with Gasteiger partial charge >= 0.3 is 6.18 Å². The van der Waals surface area contributed by atoms with Gasteiger partial charge in [0.25, 0.3) is 0 Å². The van der Waals surface area contributed by atoms with Crippen LogP contribution in [0.25, 0.3) is 0 Å². The Morgan fingerprint density at radius 2 is 2.00 bits per heavy atom. The maximum absolute atomic E-state index is 13.2. The predicted molar refractivity (Wildman–Crippen MR) is 107 cm³/mol. The lowest BCUT2D eigenvalue weighted by Crippen LogP contribution is -2.42. The number of aldehydes is 1. The van der Waals surface area contributed by atoms with E-state index >= 15 is 0 Å². The summed E-state index contributed by atoms with van der Waals surface area (Å²) in [6.07, 6.45) is -3.49. The molecule has 0 radical (unpaired) electrons. The van der Waals surface area contributed by atoms with Gasteiger partial charge in [0, 0.05) is 31.2 Å². The number of nitriles is 1. The number of likely N-dealkylation sites (N-methyl/N-ethyl adjacent to an activating group) is 1. The number of nitrogens with one attached hydrogen (secondary N) is 1. The summed E-state index contributed by atoms with van der Waals surface area (Å²) in [5.41, 5.74) is 1.39. The first-order chi connectivity index (χ1) is 13.7. The zero-order valence-corrected chi connectivity index (χ0v) is 16.8. The molecule has 0 aliphatic heterocycles. The van der Waals surface area contributed by atoms with Gasteiger partial charge in [-0.05, 0) is 55.4 Å². The standard InChI is InChI=1S/C21H21ClF3N3O/c1-14-3-5-17(21(23,24)25)9-16(14)13-28(19(7-8-29)12-27-2)18-6-4-15(11-26)20(22)10-18/h3-6,8-10,19,27H,7,12-13H2,1-2H3/t19-/m0/s1. The summed E-state index contributed by atoms with van der Waals surface area (Å²) >= 11 is 6.17. The number of rotatable bonds is 8. The molecule has 0 spiro atoms. The first-order valence-electron chi connectivity index (χ1n) is 8.92. The average molecular weight is 424 g/mol. The van der Waals surface area contributed by atoms with Crippen molar-refractivity contribution in [2.45, 2.75) is 32.1 Å². The minimum atomic E-state index is -4.45. The highest BCUT2D eigenvalue weighted by atomic mass is 35.5. The number of carbonyl (C=O) groups is 1. The fourth-order valence-electron chi connectivity index (χ4n) is 3.07. The lowest BCUT2D eigenvalue weighted by Gasteiger charge is -2.34. The summed E-state index contributed by atoms with van der Waals surface area (Å²) < 4.78 is 39.5. The number of hydrogen-bond acceptors (Lipinski definition) is 4. The summed E-state index contributed by atoms with van der Waals surface area (Å²) in [5.74, 6) is 0. The quantitative estimate of drug-likeness (QED) is 0.624. The molecule has 0 aromatic heterocycles. The molecule has 1 N–H and O–H groups in total. The Bertz CT molecular complexity index is 909. The van der Waals surface area contributed by atoms with Crippen molar-refractivity contribution >= 4 is 23.6 Å². The number of aryl methyl sites for hydroxylation is 1. The van der Waals surface area contributed by atoms with Crippen molar-refractivity contribution in [3.05, 3.63) is 63.7 Å². The molecular weight excluding hydrogens is 403 g/mol. The SMILES string of the molecule is CNC[C@H](CC=O)N(Cc1cc(C(F)(F)F)ccc1C)c1ccc(C#N)c(Cl)c1. The zero-order chi connectivity index (χ0) is 21.6. The Kier molecular flexibility index (Phi) is 7.66. The van der Waals surface area contributed by atoms with Crippen molar-refractivity contribution in [3.8, 4) is 6.07 Å². The monoisotopic (exact) mass is 423 g/mol. The van der Waals surface area contributed by atoms with Crippen LogP contribution in [-0.4, -0.2) is 25.9 Å². The van der Waals surface area contributed by atoms with Crippen LogP contribution in [-0.2, 0) is 17.5 Å². The van der Waals surface area contributed by atoms with Crippen LogP contribution < -0.4 is 10.2 Å². The molecule has 0 saturated heterocycles. The molecule has 0 heterocycles. The topological polar surface area (TPSA) is 56.1 Å². The van der Waals surface area contributed by atoms with Crippen LogP contribution in [0, 0.1) is 18.3 Å². The van der Waals surface area contributed by atoms with Gasteiger partial charge < -0.3 is 15.0 Å². The van der Waals surface area contributed by atoms with Gasteiger partial charge in [0.2, 0.25) is 0 Å². The minimum Gasteiger partial charge on any atom is -0.362 e. The van der Waals surface area contributed by atoms with Gasteiger partial charge in [-0.15, -0.1) is 0 Å². The smallest absolute Gasteiger partial charge is 0.362 e. The molecule has 4 nitrogen and oxygen atoms in total. The van der Waals surface area contributed by atoms with Crippen molar-refractivity contribution in [3.63, 3.8) is 0 Å². The fraction of sp³-hybridized carbons (Fsp3) is 0.333. The van der Waals surface area contributed by atoms with E-state index in [9.17, 15) is 18.0 Å². The number of halogens is 4. The van der Waals surface area contributed by atoms with Crippen LogP contribution in [0.15, 0.2) is 36.4 Å². The second-order valence-electron chi connectivity index (χ2n) is 6.66. The summed E-state index contributed by atoms with van der Waals surface area (Å²) in [7, 11) is 1.73. The largest absolute Gasteiger partial charge is 0.416 e. The first kappa shape index (κ1) is 22.7. The lowest BCUT2D eigenvalue weighted by atomic mass is 10.0. The van der Waals surface area contributed by atoms with Crippen molar-refractivity contribution < 1.29 is 18.0 Å². The van der Waals surface area contributed by atoms with Crippen molar-refractivity contribution in [1.82, 2.24) is 5.32 Å². The van der Waals surface area contributed by atoms with Gasteiger partial charge in [0.1, 0.15) is 12.4 Å². The minimum absolute atomic E-state index is 0.151. The normalized spacial score (nSPS) is 12.3. The highest BCUT2D eigenvalue weighted by Gasteiger charge is 2.31. The second-order valence-corrected chi connectivity index (χ2v) is 7.06. The third-order valence-electron chi connectivity index (χ3n) is 4.67. The maximum atomic E-state index is 13.2. The van der Waals surface area contributed by atoms with Crippen molar-refractivity contribution in [2.75, 3.05) is 18.5 Å². The van der Waals surface area contributed by atoms with Crippen LogP contribution in [0.4, 0.5) is 18.9 Å². The molecular formula is C21H21ClF3N3O. The van der Waals surface area contributed by atoms with Gasteiger partial charge in [-0.1, -0.05) is 17.7 Å². The molecule has 8 heteroatoms. The highest BCUT2D eigenvalue weighted by molar-refractivity contribution is 6.32. The second kappa shape index (κ2) is 9.77. The van der Waals surface area contributed by atoms with Crippen LogP contribution in [0.3, 0.4) is 0 Å². The number of alkyl halides is 3. The zero-order valence-electron chi connectivity index (χ0n) is 16.1. The van der Waals surface area contributed by atoms with Crippen LogP contribution in [0.1, 0.15) is 28.7 Å². The van der Waals surface area contributed by atoms with E-state index in [2.05, 4.69) is 5.32 Å². The molecule has 2 aromatic rings. The van der Waals surface area contributed by atoms with Crippen LogP contribution in [0.5, 0.6) is 0 Å². The van der Waals surface area contributed by atoms with E-state index in [4.69, 9.17) is 16.9 Å². The summed E-state index contributed by atoms with van der Waals surface area (Å²) in [6.45, 7) is 2.33. The van der Waals surface area contributed by atoms with Crippen LogP contribution >= 0.6 is 11.6 Å². The van der Waals surface area contributed by atoms with E-state index in [0.29, 0.717) is 28.9 Å². The van der Waals surface area contributed by atoms with E-state index in [1.807, 2.05) is 11.0 Å². The third kappa shape index (κ3) is 5.72. The predicted octanol–water partition coefficient (Wildman–Crippen LogP) is 4.72. The number of benzene rings is 2. The van der Waals surface area contributed by atoms with Gasteiger partial charge in [0.05, 0.1) is 16.1 Å². The molecule has 154 valence electrons. The van der Waals surface area contributed by atoms with Crippen molar-refractivity contribution in [2.24, 2.45) is 0 Å². The van der Waals surface area contributed by atoms with E-state index in [-0.39, 0.29) is 24.0 Å².